The predicted octanol–water partition coefficient (Wildman–Crippen LogP) is 1.50. The number of nitrogens with zero attached hydrogens (tertiary/aromatic N) is 1. The van der Waals surface area contributed by atoms with Crippen molar-refractivity contribution in [3.05, 3.63) is 36.0 Å². The Morgan fingerprint density at radius 1 is 1.38 bits per heavy atom. The molecule has 1 aromatic heterocycles. The maximum Gasteiger partial charge on any atom is 0.227 e. The van der Waals surface area contributed by atoms with Crippen LogP contribution in [0.15, 0.2) is 30.5 Å². The van der Waals surface area contributed by atoms with E-state index < -0.39 is 10.0 Å². The monoisotopic (exact) mass is 349 g/mol. The summed E-state index contributed by atoms with van der Waals surface area (Å²) in [6.45, 7) is 1.76. The highest BCUT2D eigenvalue weighted by Crippen LogP contribution is 2.21. The molecule has 3 rings (SSSR count). The molecule has 0 aliphatic carbocycles. The Balaban J connectivity index is 1.62. The van der Waals surface area contributed by atoms with Gasteiger partial charge in [-0.25, -0.2) is 13.1 Å². The molecule has 0 unspecified atom stereocenters. The van der Waals surface area contributed by atoms with Gasteiger partial charge in [0, 0.05) is 36.7 Å². The number of aromatic nitrogens is 1. The van der Waals surface area contributed by atoms with Crippen molar-refractivity contribution in [2.45, 2.75) is 19.3 Å². The number of benzene rings is 1. The number of nitrogens with one attached hydrogen (secondary N) is 2. The van der Waals surface area contributed by atoms with E-state index in [1.807, 2.05) is 35.4 Å². The van der Waals surface area contributed by atoms with Crippen LogP contribution in [0.4, 0.5) is 0 Å². The van der Waals surface area contributed by atoms with Crippen molar-refractivity contribution in [2.24, 2.45) is 5.92 Å². The van der Waals surface area contributed by atoms with E-state index >= 15 is 0 Å². The van der Waals surface area contributed by atoms with Crippen LogP contribution in [0.3, 0.4) is 0 Å². The quantitative estimate of drug-likeness (QED) is 0.858. The summed E-state index contributed by atoms with van der Waals surface area (Å²) in [6, 6.07) is 7.95. The van der Waals surface area contributed by atoms with E-state index in [0.29, 0.717) is 19.5 Å². The van der Waals surface area contributed by atoms with Crippen molar-refractivity contribution in [1.29, 1.82) is 0 Å². The first kappa shape index (κ1) is 17.0. The highest BCUT2D eigenvalue weighted by atomic mass is 32.2. The molecule has 7 heteroatoms. The summed E-state index contributed by atoms with van der Waals surface area (Å²) >= 11 is 0. The Labute approximate surface area is 142 Å². The third-order valence-corrected chi connectivity index (χ3v) is 5.21. The van der Waals surface area contributed by atoms with E-state index in [1.165, 1.54) is 0 Å². The van der Waals surface area contributed by atoms with Gasteiger partial charge in [-0.3, -0.25) is 4.79 Å². The molecule has 1 atom stereocenters. The molecule has 2 N–H and O–H groups in total. The minimum atomic E-state index is -3.18. The van der Waals surface area contributed by atoms with Crippen LogP contribution >= 0.6 is 0 Å². The molecule has 0 spiro atoms. The smallest absolute Gasteiger partial charge is 0.227 e. The first-order valence-corrected chi connectivity index (χ1v) is 10.1. The van der Waals surface area contributed by atoms with Gasteiger partial charge in [0.05, 0.1) is 12.7 Å². The van der Waals surface area contributed by atoms with Gasteiger partial charge in [0.25, 0.3) is 0 Å². The van der Waals surface area contributed by atoms with Crippen LogP contribution in [0.5, 0.6) is 0 Å². The SMILES string of the molecule is CS(=O)(=O)NC[C@@H]1CCCN(C(=O)Cc2c[nH]c3ccccc23)C1. The number of H-pyrrole nitrogens is 1. The molecule has 1 amide bonds. The van der Waals surface area contributed by atoms with Crippen molar-refractivity contribution in [3.63, 3.8) is 0 Å². The molecule has 1 aromatic carbocycles. The van der Waals surface area contributed by atoms with Crippen molar-refractivity contribution >= 4 is 26.8 Å². The number of para-hydroxylation sites is 1. The number of carbonyl (C=O) groups is 1. The lowest BCUT2D eigenvalue weighted by molar-refractivity contribution is -0.132. The summed E-state index contributed by atoms with van der Waals surface area (Å²) in [7, 11) is -3.18. The number of sulfonamides is 1. The van der Waals surface area contributed by atoms with E-state index in [0.717, 1.165) is 42.1 Å². The maximum atomic E-state index is 12.6. The van der Waals surface area contributed by atoms with E-state index in [2.05, 4.69) is 9.71 Å². The molecular weight excluding hydrogens is 326 g/mol. The summed E-state index contributed by atoms with van der Waals surface area (Å²) < 4.78 is 25.0. The molecule has 1 saturated heterocycles. The highest BCUT2D eigenvalue weighted by molar-refractivity contribution is 7.88. The van der Waals surface area contributed by atoms with Gasteiger partial charge in [0.1, 0.15) is 0 Å². The Hall–Kier alpha value is -1.86. The van der Waals surface area contributed by atoms with Crippen LogP contribution in [0.25, 0.3) is 10.9 Å². The fraction of sp³-hybridized carbons (Fsp3) is 0.471. The first-order valence-electron chi connectivity index (χ1n) is 8.20. The topological polar surface area (TPSA) is 82.3 Å². The zero-order valence-corrected chi connectivity index (χ0v) is 14.6. The zero-order valence-electron chi connectivity index (χ0n) is 13.8. The Morgan fingerprint density at radius 3 is 2.96 bits per heavy atom. The zero-order chi connectivity index (χ0) is 17.2. The molecule has 0 bridgehead atoms. The number of piperidine rings is 1. The predicted molar refractivity (Wildman–Crippen MR) is 94.2 cm³/mol. The second-order valence-corrected chi connectivity index (χ2v) is 8.34. The van der Waals surface area contributed by atoms with Gasteiger partial charge in [-0.05, 0) is 30.4 Å². The van der Waals surface area contributed by atoms with Crippen LogP contribution in [0.2, 0.25) is 0 Å². The normalized spacial score (nSPS) is 18.9. The van der Waals surface area contributed by atoms with Crippen LogP contribution in [0.1, 0.15) is 18.4 Å². The lowest BCUT2D eigenvalue weighted by Gasteiger charge is -2.32. The number of fused-ring (bicyclic) bond motifs is 1. The summed E-state index contributed by atoms with van der Waals surface area (Å²) in [5, 5.41) is 1.08. The van der Waals surface area contributed by atoms with Gasteiger partial charge in [-0.1, -0.05) is 18.2 Å². The molecule has 0 saturated carbocycles. The number of hydrogen-bond acceptors (Lipinski definition) is 3. The van der Waals surface area contributed by atoms with Gasteiger partial charge in [0.15, 0.2) is 0 Å². The van der Waals surface area contributed by atoms with Gasteiger partial charge < -0.3 is 9.88 Å². The van der Waals surface area contributed by atoms with E-state index in [-0.39, 0.29) is 11.8 Å². The average Bonchev–Trinajstić information content (AvgIpc) is 2.96. The van der Waals surface area contributed by atoms with Crippen LogP contribution in [0, 0.1) is 5.92 Å². The van der Waals surface area contributed by atoms with Crippen LogP contribution < -0.4 is 4.72 Å². The fourth-order valence-electron chi connectivity index (χ4n) is 3.28. The van der Waals surface area contributed by atoms with Crippen molar-refractivity contribution < 1.29 is 13.2 Å². The molecule has 24 heavy (non-hydrogen) atoms. The van der Waals surface area contributed by atoms with Crippen molar-refractivity contribution in [1.82, 2.24) is 14.6 Å². The molecule has 2 aromatic rings. The van der Waals surface area contributed by atoms with Crippen molar-refractivity contribution in [2.75, 3.05) is 25.9 Å². The number of carbonyl (C=O) groups excluding carboxylic acids is 1. The van der Waals surface area contributed by atoms with Crippen LogP contribution in [-0.4, -0.2) is 50.1 Å². The largest absolute Gasteiger partial charge is 0.361 e. The lowest BCUT2D eigenvalue weighted by Crippen LogP contribution is -2.44. The summed E-state index contributed by atoms with van der Waals surface area (Å²) in [5.74, 6) is 0.282. The number of likely N-dealkylation sites (tertiary alicyclic amines) is 1. The standard InChI is InChI=1S/C17H23N3O3S/c1-24(22,23)19-10-13-5-4-8-20(12-13)17(21)9-14-11-18-16-7-3-2-6-15(14)16/h2-3,6-7,11,13,18-19H,4-5,8-10,12H2,1H3/t13-/m0/s1. The van der Waals surface area contributed by atoms with Crippen molar-refractivity contribution in [3.8, 4) is 0 Å². The minimum absolute atomic E-state index is 0.101. The third kappa shape index (κ3) is 4.15. The molecule has 6 nitrogen and oxygen atoms in total. The Kier molecular flexibility index (Phi) is 4.91. The summed E-state index contributed by atoms with van der Waals surface area (Å²) in [4.78, 5) is 17.7. The van der Waals surface area contributed by atoms with E-state index in [1.54, 1.807) is 0 Å². The molecule has 1 aliphatic heterocycles. The second kappa shape index (κ2) is 6.94. The summed E-state index contributed by atoms with van der Waals surface area (Å²) in [5.41, 5.74) is 2.04. The molecule has 0 radical (unpaired) electrons. The number of amides is 1. The van der Waals surface area contributed by atoms with Gasteiger partial charge in [-0.15, -0.1) is 0 Å². The molecule has 2 heterocycles. The molecule has 1 fully saturated rings. The van der Waals surface area contributed by atoms with E-state index in [4.69, 9.17) is 0 Å². The lowest BCUT2D eigenvalue weighted by atomic mass is 9.97. The average molecular weight is 349 g/mol. The number of hydrogen-bond donors (Lipinski definition) is 2. The Morgan fingerprint density at radius 2 is 2.17 bits per heavy atom. The maximum absolute atomic E-state index is 12.6. The molecule has 1 aliphatic rings. The summed E-state index contributed by atoms with van der Waals surface area (Å²) in [6.07, 6.45) is 5.29. The molecular formula is C17H23N3O3S. The van der Waals surface area contributed by atoms with E-state index in [9.17, 15) is 13.2 Å². The van der Waals surface area contributed by atoms with Crippen LogP contribution in [-0.2, 0) is 21.2 Å². The van der Waals surface area contributed by atoms with Gasteiger partial charge >= 0.3 is 0 Å². The fourth-order valence-corrected chi connectivity index (χ4v) is 3.82. The Bertz CT molecular complexity index is 828. The third-order valence-electron chi connectivity index (χ3n) is 4.52. The van der Waals surface area contributed by atoms with Gasteiger partial charge in [0.2, 0.25) is 15.9 Å². The highest BCUT2D eigenvalue weighted by Gasteiger charge is 2.24. The number of rotatable bonds is 5. The number of aromatic amines is 1. The van der Waals surface area contributed by atoms with Gasteiger partial charge in [-0.2, -0.15) is 0 Å². The molecule has 130 valence electrons. The first-order chi connectivity index (χ1) is 11.4. The second-order valence-electron chi connectivity index (χ2n) is 6.50. The minimum Gasteiger partial charge on any atom is -0.361 e.